The molecule has 2 aromatic rings. The Bertz CT molecular complexity index is 1020. The van der Waals surface area contributed by atoms with Gasteiger partial charge in [-0.1, -0.05) is 61.4 Å². The van der Waals surface area contributed by atoms with Crippen LogP contribution in [-0.4, -0.2) is 41.8 Å². The van der Waals surface area contributed by atoms with Crippen LogP contribution in [0.15, 0.2) is 48.5 Å². The van der Waals surface area contributed by atoms with Crippen molar-refractivity contribution in [3.05, 3.63) is 59.7 Å². The number of fused-ring (bicyclic) bond motifs is 3. The third-order valence-corrected chi connectivity index (χ3v) is 7.20. The van der Waals surface area contributed by atoms with E-state index >= 15 is 0 Å². The second-order valence-electron chi connectivity index (χ2n) is 9.73. The molecule has 35 heavy (non-hydrogen) atoms. The van der Waals surface area contributed by atoms with Crippen molar-refractivity contribution >= 4 is 18.0 Å². The largest absolute Gasteiger partial charge is 0.481 e. The standard InChI is InChI=1S/C28H34N2O5/c1-18(14-15-26(31)30-25-13-7-2-8-19(25)16-27(32)33)29-28(34)35-17-24-22-11-5-3-9-20(22)21-10-4-6-12-23(21)24/h3-6,9-12,18-19,24-25H,2,7-8,13-17H2,1H3,(H,29,34)(H,30,31)(H,32,33)/t18?,19-,25-/m0/s1. The van der Waals surface area contributed by atoms with Gasteiger partial charge >= 0.3 is 12.1 Å². The number of amides is 2. The smallest absolute Gasteiger partial charge is 0.407 e. The average molecular weight is 479 g/mol. The van der Waals surface area contributed by atoms with Gasteiger partial charge in [0.25, 0.3) is 0 Å². The van der Waals surface area contributed by atoms with E-state index in [-0.39, 0.29) is 49.3 Å². The van der Waals surface area contributed by atoms with Gasteiger partial charge in [-0.15, -0.1) is 0 Å². The molecule has 186 valence electrons. The molecule has 3 atom stereocenters. The van der Waals surface area contributed by atoms with Gasteiger partial charge in [0.2, 0.25) is 5.91 Å². The molecule has 0 spiro atoms. The van der Waals surface area contributed by atoms with Crippen molar-refractivity contribution in [2.24, 2.45) is 5.92 Å². The highest BCUT2D eigenvalue weighted by Crippen LogP contribution is 2.44. The zero-order valence-corrected chi connectivity index (χ0v) is 20.2. The van der Waals surface area contributed by atoms with Crippen molar-refractivity contribution in [1.29, 1.82) is 0 Å². The number of aliphatic carboxylic acids is 1. The number of alkyl carbamates (subject to hydrolysis) is 1. The van der Waals surface area contributed by atoms with Crippen LogP contribution in [0.3, 0.4) is 0 Å². The molecule has 0 saturated heterocycles. The van der Waals surface area contributed by atoms with Crippen molar-refractivity contribution in [2.75, 3.05) is 6.61 Å². The maximum atomic E-state index is 12.5. The second-order valence-corrected chi connectivity index (χ2v) is 9.73. The Hall–Kier alpha value is -3.35. The Morgan fingerprint density at radius 1 is 1.00 bits per heavy atom. The molecule has 4 rings (SSSR count). The van der Waals surface area contributed by atoms with E-state index in [1.807, 2.05) is 31.2 Å². The summed E-state index contributed by atoms with van der Waals surface area (Å²) in [6.07, 6.45) is 3.99. The summed E-state index contributed by atoms with van der Waals surface area (Å²) in [5.41, 5.74) is 4.69. The van der Waals surface area contributed by atoms with E-state index < -0.39 is 12.1 Å². The SMILES string of the molecule is CC(CCC(=O)N[C@H]1CCCC[C@H]1CC(=O)O)NC(=O)OCC1c2ccccc2-c2ccccc21. The highest BCUT2D eigenvalue weighted by Gasteiger charge is 2.30. The molecular formula is C28H34N2O5. The van der Waals surface area contributed by atoms with Gasteiger partial charge in [0, 0.05) is 24.4 Å². The minimum atomic E-state index is -0.822. The van der Waals surface area contributed by atoms with Gasteiger partial charge in [-0.2, -0.15) is 0 Å². The highest BCUT2D eigenvalue weighted by atomic mass is 16.5. The monoisotopic (exact) mass is 478 g/mol. The summed E-state index contributed by atoms with van der Waals surface area (Å²) in [7, 11) is 0. The molecule has 1 saturated carbocycles. The minimum absolute atomic E-state index is 0.00322. The van der Waals surface area contributed by atoms with Gasteiger partial charge < -0.3 is 20.5 Å². The number of benzene rings is 2. The quantitative estimate of drug-likeness (QED) is 0.478. The third kappa shape index (κ3) is 6.21. The number of rotatable bonds is 9. The summed E-state index contributed by atoms with van der Waals surface area (Å²) in [6.45, 7) is 2.10. The molecule has 2 amide bonds. The van der Waals surface area contributed by atoms with Gasteiger partial charge in [-0.3, -0.25) is 9.59 Å². The lowest BCUT2D eigenvalue weighted by Gasteiger charge is -2.31. The van der Waals surface area contributed by atoms with Gasteiger partial charge in [0.05, 0.1) is 6.42 Å². The first-order chi connectivity index (χ1) is 16.9. The van der Waals surface area contributed by atoms with E-state index in [4.69, 9.17) is 9.84 Å². The van der Waals surface area contributed by atoms with Crippen molar-refractivity contribution in [1.82, 2.24) is 10.6 Å². The lowest BCUT2D eigenvalue weighted by molar-refractivity contribution is -0.139. The summed E-state index contributed by atoms with van der Waals surface area (Å²) < 4.78 is 5.58. The number of ether oxygens (including phenoxy) is 1. The third-order valence-electron chi connectivity index (χ3n) is 7.20. The van der Waals surface area contributed by atoms with Crippen LogP contribution in [0.5, 0.6) is 0 Å². The Kier molecular flexibility index (Phi) is 8.06. The van der Waals surface area contributed by atoms with Gasteiger partial charge in [-0.25, -0.2) is 4.79 Å². The molecule has 1 unspecified atom stereocenters. The van der Waals surface area contributed by atoms with Gasteiger partial charge in [0.15, 0.2) is 0 Å². The fourth-order valence-electron chi connectivity index (χ4n) is 5.41. The Morgan fingerprint density at radius 2 is 1.63 bits per heavy atom. The molecule has 2 aliphatic rings. The maximum Gasteiger partial charge on any atom is 0.407 e. The first-order valence-corrected chi connectivity index (χ1v) is 12.5. The van der Waals surface area contributed by atoms with Crippen molar-refractivity contribution < 1.29 is 24.2 Å². The van der Waals surface area contributed by atoms with Crippen molar-refractivity contribution in [3.63, 3.8) is 0 Å². The Morgan fingerprint density at radius 3 is 2.29 bits per heavy atom. The zero-order valence-electron chi connectivity index (χ0n) is 20.2. The number of carbonyl (C=O) groups excluding carboxylic acids is 2. The lowest BCUT2D eigenvalue weighted by atomic mass is 9.82. The van der Waals surface area contributed by atoms with Crippen LogP contribution in [0.25, 0.3) is 11.1 Å². The molecule has 0 bridgehead atoms. The molecule has 0 aromatic heterocycles. The number of carboxylic acids is 1. The molecule has 7 nitrogen and oxygen atoms in total. The topological polar surface area (TPSA) is 105 Å². The van der Waals surface area contributed by atoms with E-state index in [0.29, 0.717) is 6.42 Å². The summed E-state index contributed by atoms with van der Waals surface area (Å²) in [5, 5.41) is 15.0. The first-order valence-electron chi connectivity index (χ1n) is 12.5. The predicted octanol–water partition coefficient (Wildman–Crippen LogP) is 4.84. The molecular weight excluding hydrogens is 444 g/mol. The Balaban J connectivity index is 1.22. The van der Waals surface area contributed by atoms with Gasteiger partial charge in [0.1, 0.15) is 6.61 Å². The van der Waals surface area contributed by atoms with Crippen LogP contribution in [0, 0.1) is 5.92 Å². The fourth-order valence-corrected chi connectivity index (χ4v) is 5.41. The van der Waals surface area contributed by atoms with Crippen molar-refractivity contribution in [2.45, 2.75) is 69.9 Å². The van der Waals surface area contributed by atoms with E-state index in [1.54, 1.807) is 0 Å². The van der Waals surface area contributed by atoms with Crippen LogP contribution in [0.2, 0.25) is 0 Å². The molecule has 2 aromatic carbocycles. The van der Waals surface area contributed by atoms with Crippen LogP contribution in [-0.2, 0) is 14.3 Å². The molecule has 1 fully saturated rings. The summed E-state index contributed by atoms with van der Waals surface area (Å²) in [4.78, 5) is 36.0. The van der Waals surface area contributed by atoms with E-state index in [2.05, 4.69) is 34.9 Å². The minimum Gasteiger partial charge on any atom is -0.481 e. The highest BCUT2D eigenvalue weighted by molar-refractivity contribution is 5.79. The van der Waals surface area contributed by atoms with E-state index in [1.165, 1.54) is 11.1 Å². The zero-order chi connectivity index (χ0) is 24.8. The van der Waals surface area contributed by atoms with Gasteiger partial charge in [-0.05, 0) is 54.4 Å². The summed E-state index contributed by atoms with van der Waals surface area (Å²) in [6, 6.07) is 16.1. The molecule has 3 N–H and O–H groups in total. The second kappa shape index (κ2) is 11.4. The molecule has 0 heterocycles. The van der Waals surface area contributed by atoms with Crippen LogP contribution in [0.1, 0.15) is 68.9 Å². The van der Waals surface area contributed by atoms with E-state index in [9.17, 15) is 14.4 Å². The maximum absolute atomic E-state index is 12.5. The average Bonchev–Trinajstić information content (AvgIpc) is 3.16. The number of hydrogen-bond donors (Lipinski definition) is 3. The molecule has 0 radical (unpaired) electrons. The fraction of sp³-hybridized carbons (Fsp3) is 0.464. The molecule has 0 aliphatic heterocycles. The number of nitrogens with one attached hydrogen (secondary N) is 2. The molecule has 2 aliphatic carbocycles. The Labute approximate surface area is 206 Å². The van der Waals surface area contributed by atoms with E-state index in [0.717, 1.165) is 36.8 Å². The predicted molar refractivity (Wildman–Crippen MR) is 133 cm³/mol. The van der Waals surface area contributed by atoms with Crippen LogP contribution in [0.4, 0.5) is 4.79 Å². The number of carboxylic acid groups (broad SMARTS) is 1. The summed E-state index contributed by atoms with van der Waals surface area (Å²) >= 11 is 0. The number of carbonyl (C=O) groups is 3. The number of hydrogen-bond acceptors (Lipinski definition) is 4. The lowest BCUT2D eigenvalue weighted by Crippen LogP contribution is -2.43. The normalized spacial score (nSPS) is 19.8. The van der Waals surface area contributed by atoms with Crippen LogP contribution >= 0.6 is 0 Å². The van der Waals surface area contributed by atoms with Crippen molar-refractivity contribution in [3.8, 4) is 11.1 Å². The van der Waals surface area contributed by atoms with Crippen LogP contribution < -0.4 is 10.6 Å². The summed E-state index contributed by atoms with van der Waals surface area (Å²) in [5.74, 6) is -0.935. The molecule has 7 heteroatoms. The first kappa shape index (κ1) is 24.8.